The molecule has 0 aliphatic carbocycles. The maximum atomic E-state index is 9.40. The molecule has 0 saturated heterocycles. The van der Waals surface area contributed by atoms with Crippen LogP contribution in [-0.2, 0) is 10.2 Å². The van der Waals surface area contributed by atoms with E-state index in [1.54, 1.807) is 14.0 Å². The maximum Gasteiger partial charge on any atom is 0.0761 e. The lowest BCUT2D eigenvalue weighted by atomic mass is 9.85. The molecule has 1 aromatic carbocycles. The number of aliphatic hydroxyl groups excluding tert-OH is 1. The van der Waals surface area contributed by atoms with Crippen LogP contribution in [0.5, 0.6) is 0 Å². The van der Waals surface area contributed by atoms with E-state index in [-0.39, 0.29) is 5.41 Å². The summed E-state index contributed by atoms with van der Waals surface area (Å²) in [6, 6.07) is 8.05. The van der Waals surface area contributed by atoms with E-state index in [4.69, 9.17) is 4.74 Å². The minimum atomic E-state index is -0.399. The van der Waals surface area contributed by atoms with E-state index in [9.17, 15) is 5.11 Å². The van der Waals surface area contributed by atoms with Gasteiger partial charge in [-0.3, -0.25) is 0 Å². The van der Waals surface area contributed by atoms with Gasteiger partial charge in [0.05, 0.1) is 12.7 Å². The normalized spacial score (nSPS) is 13.9. The van der Waals surface area contributed by atoms with Crippen molar-refractivity contribution in [3.63, 3.8) is 0 Å². The molecule has 0 aliphatic heterocycles. The van der Waals surface area contributed by atoms with Crippen molar-refractivity contribution in [2.75, 3.05) is 13.7 Å². The van der Waals surface area contributed by atoms with Gasteiger partial charge in [0.2, 0.25) is 0 Å². The van der Waals surface area contributed by atoms with Crippen molar-refractivity contribution < 1.29 is 9.84 Å². The van der Waals surface area contributed by atoms with Crippen molar-refractivity contribution in [1.82, 2.24) is 0 Å². The molecule has 0 amide bonds. The first-order valence-electron chi connectivity index (χ1n) is 5.25. The molecule has 2 heteroatoms. The van der Waals surface area contributed by atoms with Crippen molar-refractivity contribution in [2.24, 2.45) is 0 Å². The predicted octanol–water partition coefficient (Wildman–Crippen LogP) is 2.66. The quantitative estimate of drug-likeness (QED) is 0.824. The fourth-order valence-electron chi connectivity index (χ4n) is 1.66. The summed E-state index contributed by atoms with van der Waals surface area (Å²) in [5.74, 6) is 0. The second kappa shape index (κ2) is 4.77. The highest BCUT2D eigenvalue weighted by atomic mass is 16.5. The standard InChI is InChI=1S/C13H20O2/c1-10(14)11-5-7-12(8-6-11)13(2,3)9-15-4/h5-8,10,14H,9H2,1-4H3. The average Bonchev–Trinajstić information content (AvgIpc) is 2.18. The smallest absolute Gasteiger partial charge is 0.0761 e. The number of benzene rings is 1. The molecular formula is C13H20O2. The van der Waals surface area contributed by atoms with Gasteiger partial charge >= 0.3 is 0 Å². The summed E-state index contributed by atoms with van der Waals surface area (Å²) in [5.41, 5.74) is 2.20. The summed E-state index contributed by atoms with van der Waals surface area (Å²) < 4.78 is 5.19. The van der Waals surface area contributed by atoms with Gasteiger partial charge < -0.3 is 9.84 Å². The predicted molar refractivity (Wildman–Crippen MR) is 62.0 cm³/mol. The molecule has 0 saturated carbocycles. The highest BCUT2D eigenvalue weighted by molar-refractivity contribution is 5.29. The Hall–Kier alpha value is -0.860. The molecule has 0 fully saturated rings. The summed E-state index contributed by atoms with van der Waals surface area (Å²) >= 11 is 0. The molecular weight excluding hydrogens is 188 g/mol. The Kier molecular flexibility index (Phi) is 3.89. The molecule has 1 atom stereocenters. The van der Waals surface area contributed by atoms with Crippen molar-refractivity contribution in [3.05, 3.63) is 35.4 Å². The first kappa shape index (κ1) is 12.2. The van der Waals surface area contributed by atoms with E-state index in [0.717, 1.165) is 5.56 Å². The third-order valence-electron chi connectivity index (χ3n) is 2.68. The number of ether oxygens (including phenoxy) is 1. The van der Waals surface area contributed by atoms with Crippen molar-refractivity contribution in [2.45, 2.75) is 32.3 Å². The van der Waals surface area contributed by atoms with Crippen LogP contribution in [-0.4, -0.2) is 18.8 Å². The zero-order valence-electron chi connectivity index (χ0n) is 9.95. The molecule has 1 N–H and O–H groups in total. The minimum Gasteiger partial charge on any atom is -0.389 e. The Morgan fingerprint density at radius 3 is 2.20 bits per heavy atom. The van der Waals surface area contributed by atoms with Gasteiger partial charge in [0, 0.05) is 12.5 Å². The summed E-state index contributed by atoms with van der Waals surface area (Å²) in [6.45, 7) is 6.76. The summed E-state index contributed by atoms with van der Waals surface area (Å²) in [5, 5.41) is 9.40. The number of aliphatic hydroxyl groups is 1. The summed E-state index contributed by atoms with van der Waals surface area (Å²) in [7, 11) is 1.71. The van der Waals surface area contributed by atoms with Gasteiger partial charge in [-0.15, -0.1) is 0 Å². The van der Waals surface area contributed by atoms with E-state index in [1.165, 1.54) is 5.56 Å². The summed E-state index contributed by atoms with van der Waals surface area (Å²) in [6.07, 6.45) is -0.399. The molecule has 1 unspecified atom stereocenters. The minimum absolute atomic E-state index is 0.0198. The molecule has 0 aliphatic rings. The molecule has 0 radical (unpaired) electrons. The monoisotopic (exact) mass is 208 g/mol. The van der Waals surface area contributed by atoms with Crippen LogP contribution in [0.1, 0.15) is 38.0 Å². The van der Waals surface area contributed by atoms with E-state index >= 15 is 0 Å². The highest BCUT2D eigenvalue weighted by Crippen LogP contribution is 2.24. The first-order chi connectivity index (χ1) is 6.97. The number of rotatable bonds is 4. The van der Waals surface area contributed by atoms with E-state index in [2.05, 4.69) is 26.0 Å². The molecule has 15 heavy (non-hydrogen) atoms. The molecule has 2 nitrogen and oxygen atoms in total. The lowest BCUT2D eigenvalue weighted by Gasteiger charge is -2.24. The van der Waals surface area contributed by atoms with Crippen molar-refractivity contribution >= 4 is 0 Å². The zero-order valence-corrected chi connectivity index (χ0v) is 9.95. The van der Waals surface area contributed by atoms with E-state index < -0.39 is 6.10 Å². The molecule has 84 valence electrons. The largest absolute Gasteiger partial charge is 0.389 e. The molecule has 0 spiro atoms. The van der Waals surface area contributed by atoms with Crippen LogP contribution in [0, 0.1) is 0 Å². The SMILES string of the molecule is COCC(C)(C)c1ccc(C(C)O)cc1. The van der Waals surface area contributed by atoms with Gasteiger partial charge in [-0.05, 0) is 18.1 Å². The average molecular weight is 208 g/mol. The van der Waals surface area contributed by atoms with Gasteiger partial charge in [0.25, 0.3) is 0 Å². The van der Waals surface area contributed by atoms with Gasteiger partial charge in [0.15, 0.2) is 0 Å². The van der Waals surface area contributed by atoms with Crippen LogP contribution in [0.15, 0.2) is 24.3 Å². The topological polar surface area (TPSA) is 29.5 Å². The molecule has 0 heterocycles. The fraction of sp³-hybridized carbons (Fsp3) is 0.538. The fourth-order valence-corrected chi connectivity index (χ4v) is 1.66. The number of hydrogen-bond acceptors (Lipinski definition) is 2. The van der Waals surface area contributed by atoms with Gasteiger partial charge in [0.1, 0.15) is 0 Å². The van der Waals surface area contributed by atoms with Crippen LogP contribution in [0.2, 0.25) is 0 Å². The van der Waals surface area contributed by atoms with Gasteiger partial charge in [-0.2, -0.15) is 0 Å². The van der Waals surface area contributed by atoms with Crippen molar-refractivity contribution in [3.8, 4) is 0 Å². The van der Waals surface area contributed by atoms with E-state index in [1.807, 2.05) is 12.1 Å². The third kappa shape index (κ3) is 3.05. The van der Waals surface area contributed by atoms with Crippen molar-refractivity contribution in [1.29, 1.82) is 0 Å². The highest BCUT2D eigenvalue weighted by Gasteiger charge is 2.20. The molecule has 0 bridgehead atoms. The van der Waals surface area contributed by atoms with Crippen LogP contribution in [0.3, 0.4) is 0 Å². The Morgan fingerprint density at radius 1 is 1.27 bits per heavy atom. The van der Waals surface area contributed by atoms with Crippen LogP contribution < -0.4 is 0 Å². The maximum absolute atomic E-state index is 9.40. The number of hydrogen-bond donors (Lipinski definition) is 1. The van der Waals surface area contributed by atoms with Crippen LogP contribution in [0.4, 0.5) is 0 Å². The van der Waals surface area contributed by atoms with Crippen LogP contribution in [0.25, 0.3) is 0 Å². The molecule has 0 aromatic heterocycles. The Morgan fingerprint density at radius 2 is 1.80 bits per heavy atom. The van der Waals surface area contributed by atoms with Gasteiger partial charge in [-0.1, -0.05) is 38.1 Å². The third-order valence-corrected chi connectivity index (χ3v) is 2.68. The van der Waals surface area contributed by atoms with Gasteiger partial charge in [-0.25, -0.2) is 0 Å². The second-order valence-electron chi connectivity index (χ2n) is 4.61. The number of methoxy groups -OCH3 is 1. The lowest BCUT2D eigenvalue weighted by molar-refractivity contribution is 0.146. The summed E-state index contributed by atoms with van der Waals surface area (Å²) in [4.78, 5) is 0. The molecule has 1 rings (SSSR count). The second-order valence-corrected chi connectivity index (χ2v) is 4.61. The Balaban J connectivity index is 2.88. The lowest BCUT2D eigenvalue weighted by Crippen LogP contribution is -2.23. The molecule has 1 aromatic rings. The van der Waals surface area contributed by atoms with Crippen LogP contribution >= 0.6 is 0 Å². The van der Waals surface area contributed by atoms with E-state index in [0.29, 0.717) is 6.61 Å². The Labute approximate surface area is 91.9 Å². The Bertz CT molecular complexity index is 299. The zero-order chi connectivity index (χ0) is 11.5. The first-order valence-corrected chi connectivity index (χ1v) is 5.25.